The Labute approximate surface area is 129 Å². The number of halogens is 1. The monoisotopic (exact) mass is 341 g/mol. The van der Waals surface area contributed by atoms with Crippen LogP contribution in [0.5, 0.6) is 0 Å². The van der Waals surface area contributed by atoms with Crippen LogP contribution < -0.4 is 16.0 Å². The summed E-state index contributed by atoms with van der Waals surface area (Å²) in [6, 6.07) is 5.66. The molecule has 0 spiro atoms. The normalized spacial score (nSPS) is 12.3. The maximum atomic E-state index is 12.3. The Morgan fingerprint density at radius 2 is 2.00 bits per heavy atom. The summed E-state index contributed by atoms with van der Waals surface area (Å²) in [4.78, 5) is 14.2. The zero-order valence-corrected chi connectivity index (χ0v) is 14.2. The number of nitrogen functional groups attached to an aromatic ring is 1. The fourth-order valence-electron chi connectivity index (χ4n) is 2.05. The summed E-state index contributed by atoms with van der Waals surface area (Å²) in [6.07, 6.45) is 1.89. The van der Waals surface area contributed by atoms with E-state index < -0.39 is 0 Å². The highest BCUT2D eigenvalue weighted by Crippen LogP contribution is 2.27. The second kappa shape index (κ2) is 7.53. The molecule has 1 atom stereocenters. The maximum Gasteiger partial charge on any atom is 0.242 e. The summed E-state index contributed by atoms with van der Waals surface area (Å²) in [5.74, 6) is 0.0310. The predicted octanol–water partition coefficient (Wildman–Crippen LogP) is 3.16. The summed E-state index contributed by atoms with van der Waals surface area (Å²) in [7, 11) is 1.89. The molecule has 0 aromatic heterocycles. The first-order chi connectivity index (χ1) is 9.40. The number of carbonyl (C=O) groups is 1. The van der Waals surface area contributed by atoms with E-state index in [1.54, 1.807) is 0 Å². The molecule has 1 unspecified atom stereocenters. The lowest BCUT2D eigenvalue weighted by molar-refractivity contribution is -0.122. The Morgan fingerprint density at radius 1 is 1.40 bits per heavy atom. The average Bonchev–Trinajstić information content (AvgIpc) is 2.42. The predicted molar refractivity (Wildman–Crippen MR) is 88.9 cm³/mol. The number of nitrogens with two attached hydrogens (primary N) is 1. The van der Waals surface area contributed by atoms with Gasteiger partial charge in [0.2, 0.25) is 5.91 Å². The Bertz CT molecular complexity index is 460. The highest BCUT2D eigenvalue weighted by Gasteiger charge is 2.21. The van der Waals surface area contributed by atoms with E-state index >= 15 is 0 Å². The molecule has 4 nitrogen and oxygen atoms in total. The molecule has 0 fully saturated rings. The number of benzene rings is 1. The molecule has 0 saturated carbocycles. The molecule has 0 radical (unpaired) electrons. The first-order valence-electron chi connectivity index (χ1n) is 6.98. The van der Waals surface area contributed by atoms with E-state index in [0.29, 0.717) is 5.69 Å². The second-order valence-corrected chi connectivity index (χ2v) is 5.93. The number of likely N-dealkylation sites (N-methyl/N-ethyl adjacent to an activating group) is 1. The van der Waals surface area contributed by atoms with Gasteiger partial charge in [-0.25, -0.2) is 0 Å². The third-order valence-electron chi connectivity index (χ3n) is 3.66. The van der Waals surface area contributed by atoms with Gasteiger partial charge < -0.3 is 16.0 Å². The van der Waals surface area contributed by atoms with Crippen LogP contribution >= 0.6 is 15.9 Å². The molecule has 1 aromatic rings. The molecule has 0 saturated heterocycles. The van der Waals surface area contributed by atoms with Gasteiger partial charge in [-0.1, -0.05) is 29.8 Å². The molecule has 0 aliphatic heterocycles. The fourth-order valence-corrected chi connectivity index (χ4v) is 2.42. The summed E-state index contributed by atoms with van der Waals surface area (Å²) in [5, 5.41) is 3.07. The van der Waals surface area contributed by atoms with Crippen LogP contribution in [0.25, 0.3) is 0 Å². The van der Waals surface area contributed by atoms with Crippen LogP contribution in [0, 0.1) is 0 Å². The molecule has 0 heterocycles. The van der Waals surface area contributed by atoms with Gasteiger partial charge in [0.15, 0.2) is 0 Å². The zero-order chi connectivity index (χ0) is 15.3. The van der Waals surface area contributed by atoms with E-state index in [9.17, 15) is 4.79 Å². The van der Waals surface area contributed by atoms with Crippen LogP contribution in [0.2, 0.25) is 0 Å². The average molecular weight is 342 g/mol. The van der Waals surface area contributed by atoms with Gasteiger partial charge in [0.1, 0.15) is 6.04 Å². The minimum absolute atomic E-state index is 0.0310. The molecule has 0 aliphatic carbocycles. The van der Waals surface area contributed by atoms with Crippen molar-refractivity contribution in [2.75, 3.05) is 17.7 Å². The van der Waals surface area contributed by atoms with Gasteiger partial charge in [-0.15, -0.1) is 0 Å². The van der Waals surface area contributed by atoms with Crippen molar-refractivity contribution in [1.82, 2.24) is 5.32 Å². The zero-order valence-electron chi connectivity index (χ0n) is 12.6. The quantitative estimate of drug-likeness (QED) is 0.781. The molecule has 1 rings (SSSR count). The number of hydrogen-bond acceptors (Lipinski definition) is 3. The molecule has 5 heteroatoms. The number of hydrogen-bond donors (Lipinski definition) is 2. The third kappa shape index (κ3) is 4.13. The highest BCUT2D eigenvalue weighted by molar-refractivity contribution is 9.10. The van der Waals surface area contributed by atoms with E-state index in [4.69, 9.17) is 5.73 Å². The molecule has 0 bridgehead atoms. The standard InChI is InChI=1S/C15H24BrN3O/c1-5-12(6-2)18-15(20)10(3)19(4)14-8-7-11(16)9-13(14)17/h7-10,12H,5-6,17H2,1-4H3,(H,18,20). The number of amides is 1. The number of nitrogens with one attached hydrogen (secondary N) is 1. The largest absolute Gasteiger partial charge is 0.397 e. The molecular formula is C15H24BrN3O. The van der Waals surface area contributed by atoms with Crippen molar-refractivity contribution in [2.45, 2.75) is 45.7 Å². The molecule has 0 aliphatic rings. The molecule has 20 heavy (non-hydrogen) atoms. The van der Waals surface area contributed by atoms with Gasteiger partial charge in [-0.3, -0.25) is 4.79 Å². The number of rotatable bonds is 6. The van der Waals surface area contributed by atoms with Crippen molar-refractivity contribution >= 4 is 33.2 Å². The summed E-state index contributed by atoms with van der Waals surface area (Å²) in [6.45, 7) is 6.05. The third-order valence-corrected chi connectivity index (χ3v) is 4.16. The minimum atomic E-state index is -0.265. The molecule has 1 amide bonds. The van der Waals surface area contributed by atoms with E-state index in [0.717, 1.165) is 23.0 Å². The minimum Gasteiger partial charge on any atom is -0.397 e. The van der Waals surface area contributed by atoms with E-state index in [1.165, 1.54) is 0 Å². The van der Waals surface area contributed by atoms with Gasteiger partial charge in [-0.05, 0) is 38.0 Å². The van der Waals surface area contributed by atoms with Gasteiger partial charge in [0.05, 0.1) is 11.4 Å². The molecule has 3 N–H and O–H groups in total. The van der Waals surface area contributed by atoms with Gasteiger partial charge in [0, 0.05) is 17.6 Å². The summed E-state index contributed by atoms with van der Waals surface area (Å²) in [5.41, 5.74) is 7.53. The van der Waals surface area contributed by atoms with Crippen molar-refractivity contribution in [3.63, 3.8) is 0 Å². The number of anilines is 2. The molecule has 112 valence electrons. The Balaban J connectivity index is 2.80. The number of carbonyl (C=O) groups excluding carboxylic acids is 1. The maximum absolute atomic E-state index is 12.3. The van der Waals surface area contributed by atoms with Crippen LogP contribution in [0.1, 0.15) is 33.6 Å². The molecular weight excluding hydrogens is 318 g/mol. The Morgan fingerprint density at radius 3 is 2.50 bits per heavy atom. The SMILES string of the molecule is CCC(CC)NC(=O)C(C)N(C)c1ccc(Br)cc1N. The van der Waals surface area contributed by atoms with E-state index in [2.05, 4.69) is 35.1 Å². The molecule has 1 aromatic carbocycles. The van der Waals surface area contributed by atoms with Crippen molar-refractivity contribution in [1.29, 1.82) is 0 Å². The van der Waals surface area contributed by atoms with Crippen LogP contribution in [0.3, 0.4) is 0 Å². The Hall–Kier alpha value is -1.23. The first-order valence-corrected chi connectivity index (χ1v) is 7.78. The lowest BCUT2D eigenvalue weighted by atomic mass is 10.1. The smallest absolute Gasteiger partial charge is 0.242 e. The summed E-state index contributed by atoms with van der Waals surface area (Å²) < 4.78 is 0.932. The Kier molecular flexibility index (Phi) is 6.33. The van der Waals surface area contributed by atoms with Crippen molar-refractivity contribution < 1.29 is 4.79 Å². The van der Waals surface area contributed by atoms with Gasteiger partial charge in [0.25, 0.3) is 0 Å². The topological polar surface area (TPSA) is 58.4 Å². The van der Waals surface area contributed by atoms with E-state index in [-0.39, 0.29) is 18.0 Å². The van der Waals surface area contributed by atoms with Crippen LogP contribution in [-0.2, 0) is 4.79 Å². The van der Waals surface area contributed by atoms with Crippen LogP contribution in [0.15, 0.2) is 22.7 Å². The second-order valence-electron chi connectivity index (χ2n) is 5.01. The van der Waals surface area contributed by atoms with Crippen LogP contribution in [0.4, 0.5) is 11.4 Å². The van der Waals surface area contributed by atoms with Crippen molar-refractivity contribution in [2.24, 2.45) is 0 Å². The van der Waals surface area contributed by atoms with E-state index in [1.807, 2.05) is 37.1 Å². The highest BCUT2D eigenvalue weighted by atomic mass is 79.9. The lowest BCUT2D eigenvalue weighted by Gasteiger charge is -2.28. The summed E-state index contributed by atoms with van der Waals surface area (Å²) >= 11 is 3.38. The number of nitrogens with zero attached hydrogens (tertiary/aromatic N) is 1. The van der Waals surface area contributed by atoms with Gasteiger partial charge >= 0.3 is 0 Å². The van der Waals surface area contributed by atoms with Gasteiger partial charge in [-0.2, -0.15) is 0 Å². The first kappa shape index (κ1) is 16.8. The van der Waals surface area contributed by atoms with Crippen molar-refractivity contribution in [3.8, 4) is 0 Å². The fraction of sp³-hybridized carbons (Fsp3) is 0.533. The lowest BCUT2D eigenvalue weighted by Crippen LogP contribution is -2.47. The van der Waals surface area contributed by atoms with Crippen molar-refractivity contribution in [3.05, 3.63) is 22.7 Å². The van der Waals surface area contributed by atoms with Crippen LogP contribution in [-0.4, -0.2) is 25.0 Å².